The molecule has 112 valence electrons. The van der Waals surface area contributed by atoms with Crippen molar-refractivity contribution in [1.82, 2.24) is 0 Å². The third kappa shape index (κ3) is 7.23. The van der Waals surface area contributed by atoms with Crippen molar-refractivity contribution in [2.75, 3.05) is 0 Å². The van der Waals surface area contributed by atoms with Crippen molar-refractivity contribution in [3.8, 4) is 0 Å². The van der Waals surface area contributed by atoms with E-state index in [1.807, 2.05) is 6.07 Å². The van der Waals surface area contributed by atoms with Crippen molar-refractivity contribution < 1.29 is 14.8 Å². The zero-order chi connectivity index (χ0) is 14.8. The summed E-state index contributed by atoms with van der Waals surface area (Å²) in [6, 6.07) is 3.41. The lowest BCUT2D eigenvalue weighted by atomic mass is 10.1. The van der Waals surface area contributed by atoms with Crippen LogP contribution in [0.3, 0.4) is 0 Å². The van der Waals surface area contributed by atoms with Gasteiger partial charge in [0.15, 0.2) is 0 Å². The van der Waals surface area contributed by atoms with Gasteiger partial charge in [-0.05, 0) is 25.3 Å². The molecule has 0 saturated heterocycles. The molecule has 5 nitrogen and oxygen atoms in total. The summed E-state index contributed by atoms with van der Waals surface area (Å²) in [5.41, 5.74) is 0. The molecule has 1 N–H and O–H groups in total. The zero-order valence-corrected chi connectivity index (χ0v) is 12.4. The first-order chi connectivity index (χ1) is 9.59. The van der Waals surface area contributed by atoms with E-state index >= 15 is 0 Å². The molecule has 0 bridgehead atoms. The number of aliphatic carboxylic acids is 1. The Morgan fingerprint density at radius 2 is 1.70 bits per heavy atom. The predicted octanol–water partition coefficient (Wildman–Crippen LogP) is 4.40. The van der Waals surface area contributed by atoms with Crippen molar-refractivity contribution in [3.05, 3.63) is 27.1 Å². The van der Waals surface area contributed by atoms with E-state index in [4.69, 9.17) is 5.11 Å². The Bertz CT molecular complexity index is 431. The molecule has 0 unspecified atom stereocenters. The Hall–Kier alpha value is -1.43. The summed E-state index contributed by atoms with van der Waals surface area (Å²) in [5, 5.41) is 19.2. The van der Waals surface area contributed by atoms with Gasteiger partial charge in [-0.15, -0.1) is 0 Å². The van der Waals surface area contributed by atoms with Gasteiger partial charge in [0.05, 0.1) is 4.92 Å². The molecule has 0 aromatic carbocycles. The molecule has 0 aliphatic rings. The number of carbonyl (C=O) groups is 1. The van der Waals surface area contributed by atoms with E-state index in [2.05, 4.69) is 0 Å². The highest BCUT2D eigenvalue weighted by atomic mass is 32.1. The molecule has 0 atom stereocenters. The first-order valence-electron chi connectivity index (χ1n) is 7.04. The molecule has 1 rings (SSSR count). The summed E-state index contributed by atoms with van der Waals surface area (Å²) < 4.78 is 0. The number of unbranched alkanes of at least 4 members (excludes halogenated alkanes) is 6. The predicted molar refractivity (Wildman–Crippen MR) is 79.2 cm³/mol. The van der Waals surface area contributed by atoms with Crippen LogP contribution in [0.1, 0.15) is 56.2 Å². The van der Waals surface area contributed by atoms with E-state index in [-0.39, 0.29) is 16.3 Å². The number of carboxylic acid groups (broad SMARTS) is 1. The maximum Gasteiger partial charge on any atom is 0.324 e. The average Bonchev–Trinajstić information content (AvgIpc) is 2.85. The Kier molecular flexibility index (Phi) is 7.87. The van der Waals surface area contributed by atoms with Crippen LogP contribution in [0.4, 0.5) is 5.00 Å². The quantitative estimate of drug-likeness (QED) is 0.373. The molecule has 0 fully saturated rings. The second kappa shape index (κ2) is 9.47. The molecule has 0 aliphatic heterocycles. The molecule has 0 saturated carbocycles. The number of rotatable bonds is 11. The largest absolute Gasteiger partial charge is 0.481 e. The van der Waals surface area contributed by atoms with Crippen LogP contribution in [0.5, 0.6) is 0 Å². The van der Waals surface area contributed by atoms with Crippen LogP contribution >= 0.6 is 11.3 Å². The lowest BCUT2D eigenvalue weighted by Crippen LogP contribution is -1.93. The van der Waals surface area contributed by atoms with Crippen LogP contribution < -0.4 is 0 Å². The highest BCUT2D eigenvalue weighted by Gasteiger charge is 2.08. The van der Waals surface area contributed by atoms with Gasteiger partial charge in [0.1, 0.15) is 0 Å². The number of hydrogen-bond acceptors (Lipinski definition) is 4. The van der Waals surface area contributed by atoms with Gasteiger partial charge in [-0.25, -0.2) is 0 Å². The summed E-state index contributed by atoms with van der Waals surface area (Å²) in [6.07, 6.45) is 8.53. The standard InChI is InChI=1S/C14H21NO4S/c16-14(17)9-7-5-3-1-2-4-6-8-12-10-11-13(20-12)15(18)19/h10-11H,1-9H2,(H,16,17). The molecule has 1 aromatic heterocycles. The van der Waals surface area contributed by atoms with Crippen LogP contribution in [-0.2, 0) is 11.2 Å². The van der Waals surface area contributed by atoms with Crippen LogP contribution in [0, 0.1) is 10.1 Å². The van der Waals surface area contributed by atoms with Gasteiger partial charge < -0.3 is 5.11 Å². The fourth-order valence-electron chi connectivity index (χ4n) is 2.06. The van der Waals surface area contributed by atoms with E-state index in [9.17, 15) is 14.9 Å². The number of carboxylic acids is 1. The molecule has 1 aromatic rings. The van der Waals surface area contributed by atoms with Crippen molar-refractivity contribution >= 4 is 22.3 Å². The Labute approximate surface area is 122 Å². The fraction of sp³-hybridized carbons (Fsp3) is 0.643. The molecule has 20 heavy (non-hydrogen) atoms. The molecule has 1 heterocycles. The Balaban J connectivity index is 1.96. The van der Waals surface area contributed by atoms with E-state index < -0.39 is 5.97 Å². The van der Waals surface area contributed by atoms with E-state index in [1.54, 1.807) is 6.07 Å². The second-order valence-corrected chi connectivity index (χ2v) is 6.01. The Morgan fingerprint density at radius 1 is 1.10 bits per heavy atom. The van der Waals surface area contributed by atoms with E-state index in [0.717, 1.165) is 56.2 Å². The lowest BCUT2D eigenvalue weighted by molar-refractivity contribution is -0.380. The normalized spacial score (nSPS) is 10.6. The number of aryl methyl sites for hydroxylation is 1. The third-order valence-corrected chi connectivity index (χ3v) is 4.24. The van der Waals surface area contributed by atoms with Gasteiger partial charge in [0, 0.05) is 17.4 Å². The van der Waals surface area contributed by atoms with Gasteiger partial charge in [0.25, 0.3) is 0 Å². The maximum absolute atomic E-state index is 10.5. The monoisotopic (exact) mass is 299 g/mol. The average molecular weight is 299 g/mol. The number of nitro groups is 1. The summed E-state index contributed by atoms with van der Waals surface area (Å²) in [5.74, 6) is -0.713. The molecule has 0 aliphatic carbocycles. The zero-order valence-electron chi connectivity index (χ0n) is 11.5. The summed E-state index contributed by atoms with van der Waals surface area (Å²) in [6.45, 7) is 0. The summed E-state index contributed by atoms with van der Waals surface area (Å²) in [4.78, 5) is 21.6. The van der Waals surface area contributed by atoms with Gasteiger partial charge >= 0.3 is 11.0 Å². The highest BCUT2D eigenvalue weighted by molar-refractivity contribution is 7.15. The van der Waals surface area contributed by atoms with Crippen LogP contribution in [0.25, 0.3) is 0 Å². The van der Waals surface area contributed by atoms with E-state index in [0.29, 0.717) is 0 Å². The number of nitrogens with zero attached hydrogens (tertiary/aromatic N) is 1. The van der Waals surface area contributed by atoms with E-state index in [1.165, 1.54) is 11.3 Å². The Morgan fingerprint density at radius 3 is 2.25 bits per heavy atom. The fourth-order valence-corrected chi connectivity index (χ4v) is 2.92. The first-order valence-corrected chi connectivity index (χ1v) is 7.86. The smallest absolute Gasteiger partial charge is 0.324 e. The SMILES string of the molecule is O=C(O)CCCCCCCCCc1ccc([N+](=O)[O-])s1. The summed E-state index contributed by atoms with van der Waals surface area (Å²) in [7, 11) is 0. The van der Waals surface area contributed by atoms with Crippen molar-refractivity contribution in [1.29, 1.82) is 0 Å². The van der Waals surface area contributed by atoms with Crippen molar-refractivity contribution in [2.45, 2.75) is 57.8 Å². The molecule has 0 amide bonds. The minimum atomic E-state index is -0.713. The first kappa shape index (κ1) is 16.6. The maximum atomic E-state index is 10.5. The molecular formula is C14H21NO4S. The number of hydrogen-bond donors (Lipinski definition) is 1. The number of thiophene rings is 1. The topological polar surface area (TPSA) is 80.4 Å². The summed E-state index contributed by atoms with van der Waals surface area (Å²) >= 11 is 1.26. The third-order valence-electron chi connectivity index (χ3n) is 3.14. The second-order valence-electron chi connectivity index (χ2n) is 4.87. The van der Waals surface area contributed by atoms with Gasteiger partial charge in [-0.2, -0.15) is 0 Å². The van der Waals surface area contributed by atoms with Crippen molar-refractivity contribution in [3.63, 3.8) is 0 Å². The lowest BCUT2D eigenvalue weighted by Gasteiger charge is -2.00. The molecule has 0 spiro atoms. The van der Waals surface area contributed by atoms with Gasteiger partial charge in [0.2, 0.25) is 0 Å². The minimum Gasteiger partial charge on any atom is -0.481 e. The van der Waals surface area contributed by atoms with Crippen molar-refractivity contribution in [2.24, 2.45) is 0 Å². The molecule has 6 heteroatoms. The van der Waals surface area contributed by atoms with Crippen LogP contribution in [0.15, 0.2) is 12.1 Å². The molecular weight excluding hydrogens is 278 g/mol. The van der Waals surface area contributed by atoms with Crippen LogP contribution in [-0.4, -0.2) is 16.0 Å². The van der Waals surface area contributed by atoms with Gasteiger partial charge in [-0.1, -0.05) is 43.4 Å². The molecule has 0 radical (unpaired) electrons. The minimum absolute atomic E-state index is 0.221. The van der Waals surface area contributed by atoms with Gasteiger partial charge in [-0.3, -0.25) is 14.9 Å². The van der Waals surface area contributed by atoms with Crippen LogP contribution in [0.2, 0.25) is 0 Å². The highest BCUT2D eigenvalue weighted by Crippen LogP contribution is 2.25.